The quantitative estimate of drug-likeness (QED) is 0.358. The number of carbonyl (C=O) groups excluding carboxylic acids is 1. The molecule has 208 valence electrons. The van der Waals surface area contributed by atoms with E-state index in [1.807, 2.05) is 0 Å². The summed E-state index contributed by atoms with van der Waals surface area (Å²) in [5.41, 5.74) is 7.17. The molecule has 1 saturated heterocycles. The van der Waals surface area contributed by atoms with Crippen molar-refractivity contribution < 1.29 is 26.4 Å². The van der Waals surface area contributed by atoms with Gasteiger partial charge in [-0.2, -0.15) is 5.10 Å². The fourth-order valence-corrected chi connectivity index (χ4v) is 6.37. The van der Waals surface area contributed by atoms with Crippen LogP contribution in [0.5, 0.6) is 0 Å². The lowest BCUT2D eigenvalue weighted by molar-refractivity contribution is -0.130. The molecule has 0 bridgehead atoms. The smallest absolute Gasteiger partial charge is 0.219 e. The average molecular weight is 570 g/mol. The fraction of sp³-hybridized carbons (Fsp3) is 0.250. The Bertz CT molecular complexity index is 1700. The molecule has 4 aromatic rings. The summed E-state index contributed by atoms with van der Waals surface area (Å²) >= 11 is 0. The minimum absolute atomic E-state index is 0.000449. The maximum atomic E-state index is 16.0. The summed E-state index contributed by atoms with van der Waals surface area (Å²) in [7, 11) is -4.42. The van der Waals surface area contributed by atoms with E-state index in [9.17, 15) is 22.0 Å². The minimum Gasteiger partial charge on any atom is -0.384 e. The number of likely N-dealkylation sites (tertiary alicyclic amines) is 1. The number of nitrogens with two attached hydrogens (primary N) is 1. The number of sulfone groups is 1. The standard InChI is InChI=1S/C28H26F3N5O3S/c1-17(37)35-11-8-21(9-12-35)36-15-23(18-7-10-33-26(32)13-18)28(34-36)22-4-2-3-19(27(22)31)16-40(38,39)25-14-20(29)5-6-24(25)30/h2-7,10,13-15,21H,8-9,11-12,16H2,1H3,(H2,32,33). The number of rotatable bonds is 6. The van der Waals surface area contributed by atoms with Gasteiger partial charge in [-0.1, -0.05) is 12.1 Å². The summed E-state index contributed by atoms with van der Waals surface area (Å²) in [6, 6.07) is 9.64. The Morgan fingerprint density at radius 3 is 2.50 bits per heavy atom. The molecular formula is C28H26F3N5O3S. The molecule has 2 N–H and O–H groups in total. The number of aromatic nitrogens is 3. The first-order valence-electron chi connectivity index (χ1n) is 12.6. The third-order valence-electron chi connectivity index (χ3n) is 7.02. The van der Waals surface area contributed by atoms with Gasteiger partial charge in [0.15, 0.2) is 9.84 Å². The SMILES string of the molecule is CC(=O)N1CCC(n2cc(-c3ccnc(N)c3)c(-c3cccc(CS(=O)(=O)c4cc(F)ccc4F)c3F)n2)CC1. The van der Waals surface area contributed by atoms with E-state index in [0.717, 1.165) is 12.1 Å². The zero-order valence-corrected chi connectivity index (χ0v) is 22.3. The van der Waals surface area contributed by atoms with Crippen molar-refractivity contribution in [1.29, 1.82) is 0 Å². The molecule has 0 atom stereocenters. The van der Waals surface area contributed by atoms with Crippen molar-refractivity contribution in [3.8, 4) is 22.4 Å². The Balaban J connectivity index is 1.56. The molecule has 1 aliphatic rings. The highest BCUT2D eigenvalue weighted by molar-refractivity contribution is 7.90. The lowest BCUT2D eigenvalue weighted by Crippen LogP contribution is -2.37. The molecule has 3 heterocycles. The second kappa shape index (κ2) is 10.8. The van der Waals surface area contributed by atoms with E-state index in [4.69, 9.17) is 10.8 Å². The number of pyridine rings is 1. The topological polar surface area (TPSA) is 111 Å². The maximum Gasteiger partial charge on any atom is 0.219 e. The first-order chi connectivity index (χ1) is 19.0. The number of nitrogens with zero attached hydrogens (tertiary/aromatic N) is 4. The number of anilines is 1. The number of hydrogen-bond donors (Lipinski definition) is 1. The summed E-state index contributed by atoms with van der Waals surface area (Å²) in [5, 5.41) is 4.72. The highest BCUT2D eigenvalue weighted by atomic mass is 32.2. The predicted octanol–water partition coefficient (Wildman–Crippen LogP) is 4.77. The van der Waals surface area contributed by atoms with Gasteiger partial charge in [-0.3, -0.25) is 9.48 Å². The number of carbonyl (C=O) groups is 1. The van der Waals surface area contributed by atoms with Crippen LogP contribution in [0, 0.1) is 17.5 Å². The van der Waals surface area contributed by atoms with Crippen LogP contribution in [0.2, 0.25) is 0 Å². The number of benzene rings is 2. The van der Waals surface area contributed by atoms with Crippen molar-refractivity contribution in [2.45, 2.75) is 36.5 Å². The summed E-state index contributed by atoms with van der Waals surface area (Å²) in [4.78, 5) is 16.7. The van der Waals surface area contributed by atoms with Crippen molar-refractivity contribution in [2.24, 2.45) is 0 Å². The van der Waals surface area contributed by atoms with Crippen molar-refractivity contribution in [3.05, 3.63) is 83.9 Å². The van der Waals surface area contributed by atoms with Crippen LogP contribution in [0.3, 0.4) is 0 Å². The molecular weight excluding hydrogens is 543 g/mol. The van der Waals surface area contributed by atoms with Crippen molar-refractivity contribution in [3.63, 3.8) is 0 Å². The molecule has 0 unspecified atom stereocenters. The van der Waals surface area contributed by atoms with E-state index in [-0.39, 0.29) is 34.6 Å². The van der Waals surface area contributed by atoms with Crippen LogP contribution >= 0.6 is 0 Å². The highest BCUT2D eigenvalue weighted by Gasteiger charge is 2.27. The number of hydrogen-bond acceptors (Lipinski definition) is 6. The maximum absolute atomic E-state index is 16.0. The minimum atomic E-state index is -4.42. The molecule has 2 aromatic heterocycles. The molecule has 0 radical (unpaired) electrons. The third kappa shape index (κ3) is 5.44. The summed E-state index contributed by atoms with van der Waals surface area (Å²) < 4.78 is 71.5. The second-order valence-corrected chi connectivity index (χ2v) is 11.6. The molecule has 40 heavy (non-hydrogen) atoms. The molecule has 2 aromatic carbocycles. The third-order valence-corrected chi connectivity index (χ3v) is 8.69. The zero-order chi connectivity index (χ0) is 28.6. The monoisotopic (exact) mass is 569 g/mol. The molecule has 5 rings (SSSR count). The van der Waals surface area contributed by atoms with Gasteiger partial charge in [0.1, 0.15) is 33.9 Å². The van der Waals surface area contributed by atoms with Crippen LogP contribution in [-0.2, 0) is 20.4 Å². The molecule has 1 aliphatic heterocycles. The van der Waals surface area contributed by atoms with E-state index in [2.05, 4.69) is 4.98 Å². The Kier molecular flexibility index (Phi) is 7.37. The van der Waals surface area contributed by atoms with Crippen LogP contribution in [0.15, 0.2) is 65.8 Å². The molecule has 0 saturated carbocycles. The lowest BCUT2D eigenvalue weighted by Gasteiger charge is -2.31. The molecule has 0 aliphatic carbocycles. The number of amides is 1. The van der Waals surface area contributed by atoms with Gasteiger partial charge in [-0.15, -0.1) is 0 Å². The van der Waals surface area contributed by atoms with E-state index in [1.54, 1.807) is 27.9 Å². The van der Waals surface area contributed by atoms with Gasteiger partial charge >= 0.3 is 0 Å². The number of nitrogen functional groups attached to an aromatic ring is 1. The molecule has 1 fully saturated rings. The Morgan fingerprint density at radius 1 is 1.05 bits per heavy atom. The van der Waals surface area contributed by atoms with Crippen LogP contribution in [-0.4, -0.2) is 47.1 Å². The van der Waals surface area contributed by atoms with Crippen LogP contribution in [0.4, 0.5) is 19.0 Å². The number of piperidine rings is 1. The van der Waals surface area contributed by atoms with Crippen LogP contribution in [0.25, 0.3) is 22.4 Å². The normalized spacial score (nSPS) is 14.4. The Morgan fingerprint density at radius 2 is 1.80 bits per heavy atom. The Labute approximate surface area is 229 Å². The van der Waals surface area contributed by atoms with Gasteiger partial charge < -0.3 is 10.6 Å². The van der Waals surface area contributed by atoms with Gasteiger partial charge in [0, 0.05) is 49.1 Å². The zero-order valence-electron chi connectivity index (χ0n) is 21.5. The lowest BCUT2D eigenvalue weighted by atomic mass is 10.0. The van der Waals surface area contributed by atoms with Gasteiger partial charge in [0.25, 0.3) is 0 Å². The average Bonchev–Trinajstić information content (AvgIpc) is 3.36. The summed E-state index contributed by atoms with van der Waals surface area (Å²) in [5.74, 6) is -3.51. The largest absolute Gasteiger partial charge is 0.384 e. The Hall–Kier alpha value is -4.19. The highest BCUT2D eigenvalue weighted by Crippen LogP contribution is 2.36. The van der Waals surface area contributed by atoms with Gasteiger partial charge in [0.05, 0.1) is 11.8 Å². The molecule has 12 heteroatoms. The van der Waals surface area contributed by atoms with Crippen LogP contribution in [0.1, 0.15) is 31.4 Å². The predicted molar refractivity (Wildman–Crippen MR) is 143 cm³/mol. The summed E-state index contributed by atoms with van der Waals surface area (Å²) in [6.45, 7) is 2.65. The van der Waals surface area contributed by atoms with Crippen molar-refractivity contribution in [1.82, 2.24) is 19.7 Å². The van der Waals surface area contributed by atoms with E-state index in [0.29, 0.717) is 43.1 Å². The van der Waals surface area contributed by atoms with E-state index < -0.39 is 37.9 Å². The summed E-state index contributed by atoms with van der Waals surface area (Å²) in [6.07, 6.45) is 4.60. The molecule has 1 amide bonds. The van der Waals surface area contributed by atoms with E-state index >= 15 is 4.39 Å². The second-order valence-electron chi connectivity index (χ2n) is 9.69. The first-order valence-corrected chi connectivity index (χ1v) is 14.2. The van der Waals surface area contributed by atoms with Gasteiger partial charge in [0.2, 0.25) is 5.91 Å². The van der Waals surface area contributed by atoms with Gasteiger partial charge in [-0.05, 0) is 54.8 Å². The molecule has 0 spiro atoms. The van der Waals surface area contributed by atoms with Crippen molar-refractivity contribution >= 4 is 21.6 Å². The van der Waals surface area contributed by atoms with E-state index in [1.165, 1.54) is 31.3 Å². The van der Waals surface area contributed by atoms with Crippen molar-refractivity contribution in [2.75, 3.05) is 18.8 Å². The fourth-order valence-electron chi connectivity index (χ4n) is 4.92. The first kappa shape index (κ1) is 27.4. The van der Waals surface area contributed by atoms with Crippen LogP contribution < -0.4 is 5.73 Å². The van der Waals surface area contributed by atoms with Gasteiger partial charge in [-0.25, -0.2) is 26.6 Å². The molecule has 8 nitrogen and oxygen atoms in total. The number of halogens is 3.